The van der Waals surface area contributed by atoms with Gasteiger partial charge in [-0.2, -0.15) is 0 Å². The first-order valence-electron chi connectivity index (χ1n) is 6.03. The Morgan fingerprint density at radius 3 is 2.50 bits per heavy atom. The number of hydrogen-bond donors (Lipinski definition) is 2. The number of phenols is 1. The molecule has 2 heterocycles. The molecule has 2 N–H and O–H groups in total. The highest BCUT2D eigenvalue weighted by molar-refractivity contribution is 6.23. The van der Waals surface area contributed by atoms with E-state index >= 15 is 0 Å². The number of rotatable bonds is 1. The molecule has 0 spiro atoms. The molecule has 1 atom stereocenters. The molecule has 1 aromatic rings. The second-order valence-electron chi connectivity index (χ2n) is 4.68. The van der Waals surface area contributed by atoms with Gasteiger partial charge in [0.25, 0.3) is 11.8 Å². The molecule has 1 saturated heterocycles. The molecular weight excluding hydrogens is 264 g/mol. The summed E-state index contributed by atoms with van der Waals surface area (Å²) in [4.78, 5) is 48.2. The number of nitrogens with one attached hydrogen (secondary N) is 1. The smallest absolute Gasteiger partial charge is 0.262 e. The molecule has 0 bridgehead atoms. The van der Waals surface area contributed by atoms with E-state index in [-0.39, 0.29) is 29.7 Å². The van der Waals surface area contributed by atoms with Crippen LogP contribution in [0.3, 0.4) is 0 Å². The minimum absolute atomic E-state index is 0.0692. The fraction of sp³-hybridized carbons (Fsp3) is 0.231. The molecular formula is C13H10N2O5. The largest absolute Gasteiger partial charge is 0.508 e. The highest BCUT2D eigenvalue weighted by atomic mass is 16.3. The number of fused-ring (bicyclic) bond motifs is 1. The second kappa shape index (κ2) is 4.16. The third kappa shape index (κ3) is 1.67. The van der Waals surface area contributed by atoms with Crippen molar-refractivity contribution >= 4 is 23.6 Å². The number of aromatic hydroxyl groups is 1. The van der Waals surface area contributed by atoms with Gasteiger partial charge in [0, 0.05) is 6.42 Å². The first kappa shape index (κ1) is 12.3. The first-order chi connectivity index (χ1) is 9.49. The van der Waals surface area contributed by atoms with E-state index in [1.54, 1.807) is 0 Å². The lowest BCUT2D eigenvalue weighted by Gasteiger charge is -2.27. The average Bonchev–Trinajstić information content (AvgIpc) is 2.63. The van der Waals surface area contributed by atoms with Gasteiger partial charge in [0.05, 0.1) is 11.1 Å². The third-order valence-corrected chi connectivity index (χ3v) is 3.42. The zero-order valence-corrected chi connectivity index (χ0v) is 10.3. The van der Waals surface area contributed by atoms with Crippen molar-refractivity contribution in [1.29, 1.82) is 0 Å². The summed E-state index contributed by atoms with van der Waals surface area (Å²) < 4.78 is 0. The summed E-state index contributed by atoms with van der Waals surface area (Å²) in [7, 11) is 0. The van der Waals surface area contributed by atoms with Gasteiger partial charge in [0.15, 0.2) is 0 Å². The number of hydrogen-bond acceptors (Lipinski definition) is 5. The molecule has 7 nitrogen and oxygen atoms in total. The normalized spacial score (nSPS) is 22.0. The van der Waals surface area contributed by atoms with Gasteiger partial charge in [-0.3, -0.25) is 29.4 Å². The molecule has 0 aromatic heterocycles. The Labute approximate surface area is 113 Å². The van der Waals surface area contributed by atoms with Crippen molar-refractivity contribution in [2.24, 2.45) is 0 Å². The van der Waals surface area contributed by atoms with Crippen molar-refractivity contribution in [2.75, 3.05) is 0 Å². The predicted molar refractivity (Wildman–Crippen MR) is 64.8 cm³/mol. The van der Waals surface area contributed by atoms with Gasteiger partial charge in [0.1, 0.15) is 11.8 Å². The van der Waals surface area contributed by atoms with Crippen LogP contribution in [0, 0.1) is 0 Å². The van der Waals surface area contributed by atoms with Crippen LogP contribution in [0.2, 0.25) is 0 Å². The van der Waals surface area contributed by atoms with Crippen LogP contribution in [0.5, 0.6) is 5.75 Å². The van der Waals surface area contributed by atoms with Gasteiger partial charge in [-0.1, -0.05) is 0 Å². The van der Waals surface area contributed by atoms with Gasteiger partial charge in [-0.25, -0.2) is 0 Å². The van der Waals surface area contributed by atoms with Gasteiger partial charge in [-0.05, 0) is 24.6 Å². The molecule has 2 aliphatic rings. The summed E-state index contributed by atoms with van der Waals surface area (Å²) >= 11 is 0. The Balaban J connectivity index is 1.97. The maximum absolute atomic E-state index is 12.2. The van der Waals surface area contributed by atoms with E-state index in [0.717, 1.165) is 4.90 Å². The van der Waals surface area contributed by atoms with E-state index in [0.29, 0.717) is 0 Å². The number of benzene rings is 1. The summed E-state index contributed by atoms with van der Waals surface area (Å²) in [6.45, 7) is 0. The van der Waals surface area contributed by atoms with Gasteiger partial charge >= 0.3 is 0 Å². The molecule has 20 heavy (non-hydrogen) atoms. The van der Waals surface area contributed by atoms with Gasteiger partial charge in [-0.15, -0.1) is 0 Å². The minimum atomic E-state index is -0.984. The SMILES string of the molecule is O=C1CC[C@@H](N2C(=O)c3ccc(O)cc3C2=O)C(=O)N1. The van der Waals surface area contributed by atoms with Crippen molar-refractivity contribution in [3.05, 3.63) is 29.3 Å². The van der Waals surface area contributed by atoms with E-state index < -0.39 is 29.7 Å². The fourth-order valence-corrected chi connectivity index (χ4v) is 2.46. The van der Waals surface area contributed by atoms with Crippen LogP contribution < -0.4 is 5.32 Å². The van der Waals surface area contributed by atoms with Crippen molar-refractivity contribution < 1.29 is 24.3 Å². The highest BCUT2D eigenvalue weighted by Gasteiger charge is 2.44. The summed E-state index contributed by atoms with van der Waals surface area (Å²) in [6, 6.07) is 2.86. The lowest BCUT2D eigenvalue weighted by Crippen LogP contribution is -2.54. The zero-order chi connectivity index (χ0) is 14.4. The molecule has 2 aliphatic heterocycles. The first-order valence-corrected chi connectivity index (χ1v) is 6.03. The van der Waals surface area contributed by atoms with Crippen LogP contribution in [0.15, 0.2) is 18.2 Å². The van der Waals surface area contributed by atoms with E-state index in [1.807, 2.05) is 0 Å². The summed E-state index contributed by atoms with van der Waals surface area (Å²) in [5.74, 6) is -2.41. The van der Waals surface area contributed by atoms with Crippen LogP contribution in [-0.4, -0.2) is 39.7 Å². The van der Waals surface area contributed by atoms with Gasteiger partial charge in [0.2, 0.25) is 11.8 Å². The number of carbonyl (C=O) groups is 4. The lowest BCUT2D eigenvalue weighted by molar-refractivity contribution is -0.136. The number of amides is 4. The zero-order valence-electron chi connectivity index (χ0n) is 10.3. The number of nitrogens with zero attached hydrogens (tertiary/aromatic N) is 1. The van der Waals surface area contributed by atoms with Crippen LogP contribution in [0.4, 0.5) is 0 Å². The summed E-state index contributed by atoms with van der Waals surface area (Å²) in [6.07, 6.45) is 0.192. The average molecular weight is 274 g/mol. The van der Waals surface area contributed by atoms with E-state index in [4.69, 9.17) is 0 Å². The molecule has 0 unspecified atom stereocenters. The van der Waals surface area contributed by atoms with Crippen LogP contribution >= 0.6 is 0 Å². The van der Waals surface area contributed by atoms with Crippen LogP contribution in [-0.2, 0) is 9.59 Å². The minimum Gasteiger partial charge on any atom is -0.508 e. The third-order valence-electron chi connectivity index (χ3n) is 3.42. The topological polar surface area (TPSA) is 104 Å². The molecule has 0 saturated carbocycles. The van der Waals surface area contributed by atoms with Crippen molar-refractivity contribution in [2.45, 2.75) is 18.9 Å². The Kier molecular flexibility index (Phi) is 2.56. The standard InChI is InChI=1S/C13H10N2O5/c16-6-1-2-7-8(5-6)13(20)15(12(7)19)9-3-4-10(17)14-11(9)18/h1-2,5,9,16H,3-4H2,(H,14,17,18)/t9-/m1/s1. The van der Waals surface area contributed by atoms with Crippen molar-refractivity contribution in [3.8, 4) is 5.75 Å². The molecule has 1 aromatic carbocycles. The number of carbonyl (C=O) groups excluding carboxylic acids is 4. The second-order valence-corrected chi connectivity index (χ2v) is 4.68. The Morgan fingerprint density at radius 1 is 1.10 bits per heavy atom. The maximum Gasteiger partial charge on any atom is 0.262 e. The highest BCUT2D eigenvalue weighted by Crippen LogP contribution is 2.29. The molecule has 102 valence electrons. The number of phenolic OH excluding ortho intramolecular Hbond substituents is 1. The van der Waals surface area contributed by atoms with Gasteiger partial charge < -0.3 is 5.11 Å². The fourth-order valence-electron chi connectivity index (χ4n) is 2.46. The molecule has 3 rings (SSSR count). The predicted octanol–water partition coefficient (Wildman–Crippen LogP) is -0.207. The number of imide groups is 2. The Hall–Kier alpha value is -2.70. The van der Waals surface area contributed by atoms with Crippen LogP contribution in [0.25, 0.3) is 0 Å². The summed E-state index contributed by atoms with van der Waals surface area (Å²) in [5, 5.41) is 11.5. The summed E-state index contributed by atoms with van der Waals surface area (Å²) in [5.41, 5.74) is 0.220. The molecule has 0 radical (unpaired) electrons. The molecule has 0 aliphatic carbocycles. The van der Waals surface area contributed by atoms with Crippen molar-refractivity contribution in [3.63, 3.8) is 0 Å². The monoisotopic (exact) mass is 274 g/mol. The lowest BCUT2D eigenvalue weighted by atomic mass is 10.0. The number of piperidine rings is 1. The molecule has 1 fully saturated rings. The van der Waals surface area contributed by atoms with Crippen LogP contribution in [0.1, 0.15) is 33.6 Å². The maximum atomic E-state index is 12.2. The Bertz CT molecular complexity index is 667. The molecule has 4 amide bonds. The molecule has 7 heteroatoms. The van der Waals surface area contributed by atoms with E-state index in [9.17, 15) is 24.3 Å². The van der Waals surface area contributed by atoms with E-state index in [1.165, 1.54) is 18.2 Å². The van der Waals surface area contributed by atoms with E-state index in [2.05, 4.69) is 5.32 Å². The quantitative estimate of drug-likeness (QED) is 0.690. The van der Waals surface area contributed by atoms with Crippen molar-refractivity contribution in [1.82, 2.24) is 10.2 Å². The Morgan fingerprint density at radius 2 is 1.80 bits per heavy atom.